The smallest absolute Gasteiger partial charge is 0.236 e. The van der Waals surface area contributed by atoms with Crippen LogP contribution in [-0.4, -0.2) is 5.91 Å². The second kappa shape index (κ2) is 9.96. The van der Waals surface area contributed by atoms with Crippen molar-refractivity contribution in [3.05, 3.63) is 131 Å². The van der Waals surface area contributed by atoms with E-state index in [0.717, 1.165) is 28.1 Å². The molecule has 1 N–H and O–H groups in total. The molecule has 0 aromatic heterocycles. The summed E-state index contributed by atoms with van der Waals surface area (Å²) in [6.45, 7) is 0.451. The molecule has 0 fully saturated rings. The molecule has 0 spiro atoms. The number of rotatable bonds is 7. The highest BCUT2D eigenvalue weighted by Gasteiger charge is 2.22. The van der Waals surface area contributed by atoms with Gasteiger partial charge >= 0.3 is 0 Å². The third-order valence-electron chi connectivity index (χ3n) is 4.97. The first kappa shape index (κ1) is 20.7. The molecule has 0 aliphatic carbocycles. The summed E-state index contributed by atoms with van der Waals surface area (Å²) in [5.74, 6) is 0.270. The normalized spacial score (nSPS) is 10.6. The van der Waals surface area contributed by atoms with Crippen molar-refractivity contribution in [1.82, 2.24) is 0 Å². The summed E-state index contributed by atoms with van der Waals surface area (Å²) in [5, 5.41) is 3.74. The number of halogens is 1. The van der Waals surface area contributed by atoms with E-state index in [1.807, 2.05) is 109 Å². The molecular formula is C27H22ClNO2. The number of carbonyl (C=O) groups is 1. The highest BCUT2D eigenvalue weighted by Crippen LogP contribution is 2.27. The van der Waals surface area contributed by atoms with Gasteiger partial charge in [0.2, 0.25) is 5.91 Å². The Bertz CT molecular complexity index is 1070. The number of benzene rings is 4. The van der Waals surface area contributed by atoms with Crippen molar-refractivity contribution in [1.29, 1.82) is 0 Å². The monoisotopic (exact) mass is 427 g/mol. The summed E-state index contributed by atoms with van der Waals surface area (Å²) in [7, 11) is 0. The maximum absolute atomic E-state index is 13.2. The van der Waals surface area contributed by atoms with Gasteiger partial charge < -0.3 is 10.1 Å². The van der Waals surface area contributed by atoms with Gasteiger partial charge in [-0.1, -0.05) is 84.4 Å². The molecule has 0 bridgehead atoms. The van der Waals surface area contributed by atoms with Crippen LogP contribution in [-0.2, 0) is 11.4 Å². The van der Waals surface area contributed by atoms with Crippen LogP contribution in [0.2, 0.25) is 5.02 Å². The summed E-state index contributed by atoms with van der Waals surface area (Å²) in [6, 6.07) is 34.6. The Balaban J connectivity index is 1.44. The average molecular weight is 428 g/mol. The quantitative estimate of drug-likeness (QED) is 0.357. The second-order valence-electron chi connectivity index (χ2n) is 7.18. The van der Waals surface area contributed by atoms with Gasteiger partial charge in [0.25, 0.3) is 0 Å². The van der Waals surface area contributed by atoms with Gasteiger partial charge in [0, 0.05) is 10.7 Å². The van der Waals surface area contributed by atoms with Crippen LogP contribution >= 0.6 is 11.6 Å². The van der Waals surface area contributed by atoms with Crippen molar-refractivity contribution in [3.63, 3.8) is 0 Å². The lowest BCUT2D eigenvalue weighted by Crippen LogP contribution is -2.22. The molecule has 31 heavy (non-hydrogen) atoms. The Morgan fingerprint density at radius 3 is 1.84 bits per heavy atom. The van der Waals surface area contributed by atoms with Crippen LogP contribution < -0.4 is 10.1 Å². The first-order chi connectivity index (χ1) is 15.2. The van der Waals surface area contributed by atoms with E-state index in [1.54, 1.807) is 0 Å². The van der Waals surface area contributed by atoms with Crippen LogP contribution in [0, 0.1) is 0 Å². The highest BCUT2D eigenvalue weighted by atomic mass is 35.5. The fourth-order valence-corrected chi connectivity index (χ4v) is 3.51. The Kier molecular flexibility index (Phi) is 6.65. The predicted molar refractivity (Wildman–Crippen MR) is 126 cm³/mol. The van der Waals surface area contributed by atoms with Gasteiger partial charge in [-0.2, -0.15) is 0 Å². The van der Waals surface area contributed by atoms with Crippen molar-refractivity contribution < 1.29 is 9.53 Å². The SMILES string of the molecule is O=C(Nc1ccc(OCc2ccc(Cl)cc2)cc1)C(c1ccccc1)c1ccccc1. The van der Waals surface area contributed by atoms with E-state index >= 15 is 0 Å². The molecule has 0 aliphatic rings. The van der Waals surface area contributed by atoms with Crippen molar-refractivity contribution in [2.75, 3.05) is 5.32 Å². The van der Waals surface area contributed by atoms with Gasteiger partial charge in [0.05, 0.1) is 5.92 Å². The number of carbonyl (C=O) groups excluding carboxylic acids is 1. The van der Waals surface area contributed by atoms with Gasteiger partial charge in [-0.15, -0.1) is 0 Å². The first-order valence-corrected chi connectivity index (χ1v) is 10.4. The van der Waals surface area contributed by atoms with Gasteiger partial charge in [0.15, 0.2) is 0 Å². The number of ether oxygens (including phenoxy) is 1. The van der Waals surface area contributed by atoms with E-state index in [-0.39, 0.29) is 11.8 Å². The van der Waals surface area contributed by atoms with E-state index in [1.165, 1.54) is 0 Å². The molecule has 4 aromatic carbocycles. The van der Waals surface area contributed by atoms with E-state index < -0.39 is 0 Å². The molecule has 0 atom stereocenters. The molecule has 0 aliphatic heterocycles. The minimum Gasteiger partial charge on any atom is -0.489 e. The molecule has 0 radical (unpaired) electrons. The summed E-state index contributed by atoms with van der Waals surface area (Å²) in [5.41, 5.74) is 3.67. The topological polar surface area (TPSA) is 38.3 Å². The minimum atomic E-state index is -0.386. The number of hydrogen-bond acceptors (Lipinski definition) is 2. The van der Waals surface area contributed by atoms with Crippen LogP contribution in [0.3, 0.4) is 0 Å². The van der Waals surface area contributed by atoms with Crippen LogP contribution in [0.25, 0.3) is 0 Å². The van der Waals surface area contributed by atoms with E-state index in [9.17, 15) is 4.79 Å². The summed E-state index contributed by atoms with van der Waals surface area (Å²) in [4.78, 5) is 13.2. The van der Waals surface area contributed by atoms with E-state index in [4.69, 9.17) is 16.3 Å². The van der Waals surface area contributed by atoms with Crippen molar-refractivity contribution in [2.24, 2.45) is 0 Å². The Morgan fingerprint density at radius 1 is 0.742 bits per heavy atom. The Labute approximate surface area is 187 Å². The molecule has 3 nitrogen and oxygen atoms in total. The maximum Gasteiger partial charge on any atom is 0.236 e. The lowest BCUT2D eigenvalue weighted by molar-refractivity contribution is -0.116. The van der Waals surface area contributed by atoms with E-state index in [2.05, 4.69) is 5.32 Å². The van der Waals surface area contributed by atoms with Crippen LogP contribution in [0.15, 0.2) is 109 Å². The second-order valence-corrected chi connectivity index (χ2v) is 7.62. The molecule has 4 aromatic rings. The van der Waals surface area contributed by atoms with Gasteiger partial charge in [-0.3, -0.25) is 4.79 Å². The van der Waals surface area contributed by atoms with Crippen LogP contribution in [0.1, 0.15) is 22.6 Å². The summed E-state index contributed by atoms with van der Waals surface area (Å²) >= 11 is 5.91. The molecule has 0 unspecified atom stereocenters. The highest BCUT2D eigenvalue weighted by molar-refractivity contribution is 6.30. The zero-order chi connectivity index (χ0) is 21.5. The fourth-order valence-electron chi connectivity index (χ4n) is 3.38. The van der Waals surface area contributed by atoms with Gasteiger partial charge in [-0.05, 0) is 53.1 Å². The maximum atomic E-state index is 13.2. The third-order valence-corrected chi connectivity index (χ3v) is 5.22. The molecule has 4 rings (SSSR count). The molecule has 0 saturated carbocycles. The number of amides is 1. The molecule has 154 valence electrons. The van der Waals surface area contributed by atoms with Gasteiger partial charge in [-0.25, -0.2) is 0 Å². The van der Waals surface area contributed by atoms with Crippen molar-refractivity contribution in [3.8, 4) is 5.75 Å². The zero-order valence-electron chi connectivity index (χ0n) is 16.9. The summed E-state index contributed by atoms with van der Waals surface area (Å²) in [6.07, 6.45) is 0. The Hall–Kier alpha value is -3.56. The average Bonchev–Trinajstić information content (AvgIpc) is 2.81. The largest absolute Gasteiger partial charge is 0.489 e. The van der Waals surface area contributed by atoms with Crippen LogP contribution in [0.4, 0.5) is 5.69 Å². The number of anilines is 1. The van der Waals surface area contributed by atoms with E-state index in [0.29, 0.717) is 11.6 Å². The fraction of sp³-hybridized carbons (Fsp3) is 0.0741. The standard InChI is InChI=1S/C27H22ClNO2/c28-23-13-11-20(12-14-23)19-31-25-17-15-24(16-18-25)29-27(30)26(21-7-3-1-4-8-21)22-9-5-2-6-10-22/h1-18,26H,19H2,(H,29,30). The van der Waals surface area contributed by atoms with Gasteiger partial charge in [0.1, 0.15) is 12.4 Å². The summed E-state index contributed by atoms with van der Waals surface area (Å²) < 4.78 is 5.82. The lowest BCUT2D eigenvalue weighted by Gasteiger charge is -2.18. The lowest BCUT2D eigenvalue weighted by atomic mass is 9.90. The molecule has 1 amide bonds. The van der Waals surface area contributed by atoms with Crippen LogP contribution in [0.5, 0.6) is 5.75 Å². The minimum absolute atomic E-state index is 0.0766. The molecular weight excluding hydrogens is 406 g/mol. The third kappa shape index (κ3) is 5.53. The number of nitrogens with one attached hydrogen (secondary N) is 1. The predicted octanol–water partition coefficient (Wildman–Crippen LogP) is 6.69. The Morgan fingerprint density at radius 2 is 1.29 bits per heavy atom. The molecule has 4 heteroatoms. The zero-order valence-corrected chi connectivity index (χ0v) is 17.6. The molecule has 0 heterocycles. The number of hydrogen-bond donors (Lipinski definition) is 1. The molecule has 0 saturated heterocycles. The van der Waals surface area contributed by atoms with Crippen molar-refractivity contribution >= 4 is 23.2 Å². The first-order valence-electron chi connectivity index (χ1n) is 10.1. The van der Waals surface area contributed by atoms with Crippen molar-refractivity contribution in [2.45, 2.75) is 12.5 Å².